The first kappa shape index (κ1) is 19.8. The third-order valence-corrected chi connectivity index (χ3v) is 4.28. The molecule has 0 aliphatic carbocycles. The van der Waals surface area contributed by atoms with E-state index in [9.17, 15) is 4.39 Å². The molecular formula is C19H28FN5O. The molecular weight excluding hydrogens is 333 g/mol. The Bertz CT molecular complexity index is 733. The average molecular weight is 361 g/mol. The lowest BCUT2D eigenvalue weighted by molar-refractivity contribution is 0.463. The van der Waals surface area contributed by atoms with Gasteiger partial charge in [0.1, 0.15) is 11.6 Å². The van der Waals surface area contributed by atoms with E-state index >= 15 is 0 Å². The van der Waals surface area contributed by atoms with Crippen molar-refractivity contribution in [1.29, 1.82) is 0 Å². The van der Waals surface area contributed by atoms with E-state index in [2.05, 4.69) is 20.6 Å². The van der Waals surface area contributed by atoms with Gasteiger partial charge in [0.2, 0.25) is 5.89 Å². The Labute approximate surface area is 154 Å². The van der Waals surface area contributed by atoms with Crippen molar-refractivity contribution in [3.05, 3.63) is 46.9 Å². The second-order valence-corrected chi connectivity index (χ2v) is 5.99. The average Bonchev–Trinajstić information content (AvgIpc) is 2.95. The van der Waals surface area contributed by atoms with Crippen molar-refractivity contribution < 1.29 is 8.81 Å². The molecule has 142 valence electrons. The van der Waals surface area contributed by atoms with Gasteiger partial charge in [-0.1, -0.05) is 6.07 Å². The quantitative estimate of drug-likeness (QED) is 0.586. The van der Waals surface area contributed by atoms with Crippen LogP contribution in [0.2, 0.25) is 0 Å². The topological polar surface area (TPSA) is 65.7 Å². The minimum Gasteiger partial charge on any atom is -0.444 e. The van der Waals surface area contributed by atoms with Crippen molar-refractivity contribution in [3.8, 4) is 0 Å². The molecule has 0 fully saturated rings. The zero-order valence-corrected chi connectivity index (χ0v) is 16.2. The number of halogens is 1. The number of guanidine groups is 1. The summed E-state index contributed by atoms with van der Waals surface area (Å²) in [5.74, 6) is 1.82. The highest BCUT2D eigenvalue weighted by Crippen LogP contribution is 2.20. The summed E-state index contributed by atoms with van der Waals surface area (Å²) < 4.78 is 19.9. The molecule has 1 aromatic heterocycles. The minimum absolute atomic E-state index is 0.207. The molecule has 1 aromatic carbocycles. The summed E-state index contributed by atoms with van der Waals surface area (Å²) in [7, 11) is 1.69. The smallest absolute Gasteiger partial charge is 0.214 e. The first-order valence-electron chi connectivity index (χ1n) is 8.89. The molecule has 0 saturated carbocycles. The van der Waals surface area contributed by atoms with E-state index in [0.717, 1.165) is 30.1 Å². The number of hydrogen-bond acceptors (Lipinski definition) is 4. The maximum absolute atomic E-state index is 14.4. The fourth-order valence-corrected chi connectivity index (χ4v) is 2.66. The van der Waals surface area contributed by atoms with Gasteiger partial charge in [-0.2, -0.15) is 0 Å². The van der Waals surface area contributed by atoms with Crippen molar-refractivity contribution in [1.82, 2.24) is 15.6 Å². The van der Waals surface area contributed by atoms with Crippen LogP contribution in [0.5, 0.6) is 0 Å². The van der Waals surface area contributed by atoms with Crippen LogP contribution in [0.25, 0.3) is 0 Å². The van der Waals surface area contributed by atoms with E-state index in [4.69, 9.17) is 4.42 Å². The van der Waals surface area contributed by atoms with Crippen LogP contribution < -0.4 is 15.5 Å². The lowest BCUT2D eigenvalue weighted by Crippen LogP contribution is -2.36. The van der Waals surface area contributed by atoms with Gasteiger partial charge in [0.15, 0.2) is 5.96 Å². The third kappa shape index (κ3) is 4.97. The second kappa shape index (κ2) is 9.22. The standard InChI is InChI=1S/C19H28FN5O/c1-6-25(7-2)17-9-8-15(10-16(17)20)11-22-19(21-5)23-12-18-24-13(3)14(4)26-18/h8-10H,6-7,11-12H2,1-5H3,(H2,21,22,23). The summed E-state index contributed by atoms with van der Waals surface area (Å²) in [5.41, 5.74) is 2.37. The first-order chi connectivity index (χ1) is 12.5. The van der Waals surface area contributed by atoms with Crippen LogP contribution in [-0.4, -0.2) is 31.1 Å². The van der Waals surface area contributed by atoms with Gasteiger partial charge in [0.05, 0.1) is 17.9 Å². The summed E-state index contributed by atoms with van der Waals surface area (Å²) in [6, 6.07) is 5.32. The van der Waals surface area contributed by atoms with Crippen molar-refractivity contribution in [2.24, 2.45) is 4.99 Å². The van der Waals surface area contributed by atoms with Gasteiger partial charge in [-0.05, 0) is 45.4 Å². The van der Waals surface area contributed by atoms with Gasteiger partial charge in [-0.3, -0.25) is 4.99 Å². The van der Waals surface area contributed by atoms with E-state index in [0.29, 0.717) is 30.6 Å². The largest absolute Gasteiger partial charge is 0.444 e. The Hall–Kier alpha value is -2.57. The minimum atomic E-state index is -0.207. The van der Waals surface area contributed by atoms with Crippen molar-refractivity contribution in [3.63, 3.8) is 0 Å². The molecule has 6 nitrogen and oxygen atoms in total. The predicted molar refractivity (Wildman–Crippen MR) is 103 cm³/mol. The predicted octanol–water partition coefficient (Wildman–Crippen LogP) is 3.14. The number of rotatable bonds is 7. The number of oxazole rings is 1. The zero-order valence-electron chi connectivity index (χ0n) is 16.2. The zero-order chi connectivity index (χ0) is 19.1. The maximum atomic E-state index is 14.4. The summed E-state index contributed by atoms with van der Waals surface area (Å²) in [6.45, 7) is 10.3. The highest BCUT2D eigenvalue weighted by atomic mass is 19.1. The van der Waals surface area contributed by atoms with E-state index in [1.54, 1.807) is 13.1 Å². The molecule has 0 aliphatic rings. The monoisotopic (exact) mass is 361 g/mol. The molecule has 0 bridgehead atoms. The Kier molecular flexibility index (Phi) is 7.00. The molecule has 1 heterocycles. The molecule has 0 unspecified atom stereocenters. The van der Waals surface area contributed by atoms with Crippen LogP contribution in [0.1, 0.15) is 36.8 Å². The summed E-state index contributed by atoms with van der Waals surface area (Å²) >= 11 is 0. The fraction of sp³-hybridized carbons (Fsp3) is 0.474. The highest BCUT2D eigenvalue weighted by Gasteiger charge is 2.10. The van der Waals surface area contributed by atoms with Crippen molar-refractivity contribution in [2.45, 2.75) is 40.8 Å². The lowest BCUT2D eigenvalue weighted by Gasteiger charge is -2.22. The van der Waals surface area contributed by atoms with Crippen LogP contribution >= 0.6 is 0 Å². The lowest BCUT2D eigenvalue weighted by atomic mass is 10.2. The second-order valence-electron chi connectivity index (χ2n) is 5.99. The first-order valence-corrected chi connectivity index (χ1v) is 8.89. The van der Waals surface area contributed by atoms with Crippen molar-refractivity contribution in [2.75, 3.05) is 25.0 Å². The highest BCUT2D eigenvalue weighted by molar-refractivity contribution is 5.79. The van der Waals surface area contributed by atoms with Gasteiger partial charge < -0.3 is 20.0 Å². The number of nitrogens with zero attached hydrogens (tertiary/aromatic N) is 3. The Morgan fingerprint density at radius 1 is 1.19 bits per heavy atom. The number of benzene rings is 1. The van der Waals surface area contributed by atoms with Crippen LogP contribution in [0, 0.1) is 19.7 Å². The maximum Gasteiger partial charge on any atom is 0.214 e. The third-order valence-electron chi connectivity index (χ3n) is 4.28. The van der Waals surface area contributed by atoms with Gasteiger partial charge >= 0.3 is 0 Å². The van der Waals surface area contributed by atoms with Crippen LogP contribution in [0.15, 0.2) is 27.6 Å². The molecule has 0 spiro atoms. The van der Waals surface area contributed by atoms with Crippen LogP contribution in [-0.2, 0) is 13.1 Å². The molecule has 0 radical (unpaired) electrons. The molecule has 2 N–H and O–H groups in total. The van der Waals surface area contributed by atoms with Gasteiger partial charge in [-0.15, -0.1) is 0 Å². The molecule has 7 heteroatoms. The number of hydrogen-bond donors (Lipinski definition) is 2. The van der Waals surface area contributed by atoms with Crippen molar-refractivity contribution >= 4 is 11.6 Å². The van der Waals surface area contributed by atoms with E-state index in [1.165, 1.54) is 0 Å². The van der Waals surface area contributed by atoms with Gasteiger partial charge in [0, 0.05) is 26.7 Å². The van der Waals surface area contributed by atoms with E-state index in [-0.39, 0.29) is 5.82 Å². The molecule has 0 aliphatic heterocycles. The number of aliphatic imine (C=N–C) groups is 1. The number of aromatic nitrogens is 1. The molecule has 26 heavy (non-hydrogen) atoms. The molecule has 0 amide bonds. The Morgan fingerprint density at radius 2 is 1.88 bits per heavy atom. The summed E-state index contributed by atoms with van der Waals surface area (Å²) in [6.07, 6.45) is 0. The number of nitrogens with one attached hydrogen (secondary N) is 2. The van der Waals surface area contributed by atoms with Gasteiger partial charge in [0.25, 0.3) is 0 Å². The van der Waals surface area contributed by atoms with Crippen LogP contribution in [0.3, 0.4) is 0 Å². The van der Waals surface area contributed by atoms with Gasteiger partial charge in [-0.25, -0.2) is 9.37 Å². The molecule has 2 aromatic rings. The summed E-state index contributed by atoms with van der Waals surface area (Å²) in [4.78, 5) is 10.5. The number of aryl methyl sites for hydroxylation is 2. The molecule has 2 rings (SSSR count). The Balaban J connectivity index is 1.92. The van der Waals surface area contributed by atoms with E-state index in [1.807, 2.05) is 44.7 Å². The normalized spacial score (nSPS) is 11.5. The van der Waals surface area contributed by atoms with Crippen LogP contribution in [0.4, 0.5) is 10.1 Å². The molecule has 0 atom stereocenters. The molecule has 0 saturated heterocycles. The number of anilines is 1. The fourth-order valence-electron chi connectivity index (χ4n) is 2.66. The summed E-state index contributed by atoms with van der Waals surface area (Å²) in [5, 5.41) is 6.31. The Morgan fingerprint density at radius 3 is 2.42 bits per heavy atom. The SMILES string of the molecule is CCN(CC)c1ccc(CNC(=NC)NCc2nc(C)c(C)o2)cc1F. The van der Waals surface area contributed by atoms with E-state index < -0.39 is 0 Å².